The average Bonchev–Trinajstić information content (AvgIpc) is 2.82. The van der Waals surface area contributed by atoms with Gasteiger partial charge in [-0.05, 0) is 61.7 Å². The van der Waals surface area contributed by atoms with Gasteiger partial charge < -0.3 is 14.7 Å². The number of aliphatic carboxylic acids is 1. The fraction of sp³-hybridized carbons (Fsp3) is 0.882. The Hall–Kier alpha value is -1.86. The molecule has 0 aliphatic heterocycles. The molecule has 140 valence electrons. The molecule has 3 rings (SSSR count). The van der Waals surface area contributed by atoms with Gasteiger partial charge >= 0.3 is 11.9 Å². The highest BCUT2D eigenvalue weighted by atomic mass is 17.0. The van der Waals surface area contributed by atoms with Crippen molar-refractivity contribution in [2.75, 3.05) is 0 Å². The summed E-state index contributed by atoms with van der Waals surface area (Å²) in [6, 6.07) is 0. The highest BCUT2D eigenvalue weighted by Gasteiger charge is 2.59. The maximum atomic E-state index is 11.9. The van der Waals surface area contributed by atoms with Crippen molar-refractivity contribution in [2.24, 2.45) is 29.1 Å². The molecule has 8 heteroatoms. The number of hydrogen-bond acceptors (Lipinski definition) is 6. The van der Waals surface area contributed by atoms with Crippen LogP contribution < -0.4 is 0 Å². The van der Waals surface area contributed by atoms with Gasteiger partial charge in [0.1, 0.15) is 12.2 Å². The predicted molar refractivity (Wildman–Crippen MR) is 84.8 cm³/mol. The van der Waals surface area contributed by atoms with E-state index in [4.69, 9.17) is 9.57 Å². The number of carboxylic acids is 1. The Bertz CT molecular complexity index is 579. The van der Waals surface area contributed by atoms with Gasteiger partial charge in [-0.25, -0.2) is 0 Å². The second kappa shape index (κ2) is 6.46. The van der Waals surface area contributed by atoms with Crippen LogP contribution in [0.25, 0.3) is 0 Å². The molecule has 0 aromatic heterocycles. The zero-order valence-corrected chi connectivity index (χ0v) is 14.6. The Morgan fingerprint density at radius 3 is 2.48 bits per heavy atom. The van der Waals surface area contributed by atoms with Crippen molar-refractivity contribution in [3.63, 3.8) is 0 Å². The average molecular weight is 355 g/mol. The Morgan fingerprint density at radius 1 is 1.16 bits per heavy atom. The first-order chi connectivity index (χ1) is 11.7. The van der Waals surface area contributed by atoms with Gasteiger partial charge in [-0.3, -0.25) is 9.59 Å². The lowest BCUT2D eigenvalue weighted by molar-refractivity contribution is -0.772. The summed E-state index contributed by atoms with van der Waals surface area (Å²) < 4.78 is 5.29. The van der Waals surface area contributed by atoms with Crippen molar-refractivity contribution in [1.29, 1.82) is 0 Å². The number of carbonyl (C=O) groups is 2. The molecule has 0 aromatic carbocycles. The first kappa shape index (κ1) is 17.9. The molecule has 0 radical (unpaired) electrons. The van der Waals surface area contributed by atoms with E-state index in [0.29, 0.717) is 25.7 Å². The van der Waals surface area contributed by atoms with Crippen molar-refractivity contribution in [3.05, 3.63) is 10.1 Å². The molecule has 0 spiro atoms. The number of carboxylic acid groups (broad SMARTS) is 1. The summed E-state index contributed by atoms with van der Waals surface area (Å²) in [6.45, 7) is 3.35. The van der Waals surface area contributed by atoms with Crippen molar-refractivity contribution < 1.29 is 29.4 Å². The number of nitrogens with zero attached hydrogens (tertiary/aromatic N) is 1. The van der Waals surface area contributed by atoms with E-state index in [-0.39, 0.29) is 23.2 Å². The van der Waals surface area contributed by atoms with Gasteiger partial charge in [-0.2, -0.15) is 0 Å². The van der Waals surface area contributed by atoms with Crippen molar-refractivity contribution in [1.82, 2.24) is 0 Å². The summed E-state index contributed by atoms with van der Waals surface area (Å²) in [4.78, 5) is 38.9. The monoisotopic (exact) mass is 355 g/mol. The Labute approximate surface area is 146 Å². The standard InChI is InChI=1S/C17H25NO7/c1-9(19)24-13-5-3-10-11(15(13)16(20)21)7-8-17(2)12(10)4-6-14(17)25-18(22)23/h10-15H,3-8H2,1-2H3,(H,20,21)/t10?,11?,12?,13-,14?,15-,17?/m1/s1. The van der Waals surface area contributed by atoms with E-state index < -0.39 is 35.2 Å². The van der Waals surface area contributed by atoms with Crippen molar-refractivity contribution in [2.45, 2.75) is 64.6 Å². The van der Waals surface area contributed by atoms with Crippen LogP contribution in [0.15, 0.2) is 0 Å². The van der Waals surface area contributed by atoms with Crippen LogP contribution in [0.4, 0.5) is 0 Å². The summed E-state index contributed by atoms with van der Waals surface area (Å²) in [7, 11) is 0. The maximum absolute atomic E-state index is 11.9. The van der Waals surface area contributed by atoms with Crippen LogP contribution in [0, 0.1) is 39.2 Å². The minimum Gasteiger partial charge on any atom is -0.481 e. The predicted octanol–water partition coefficient (Wildman–Crippen LogP) is 2.43. The van der Waals surface area contributed by atoms with Crippen molar-refractivity contribution in [3.8, 4) is 0 Å². The lowest BCUT2D eigenvalue weighted by atomic mass is 9.53. The molecular weight excluding hydrogens is 330 g/mol. The zero-order valence-electron chi connectivity index (χ0n) is 14.6. The van der Waals surface area contributed by atoms with Gasteiger partial charge in [-0.1, -0.05) is 6.92 Å². The number of rotatable bonds is 4. The summed E-state index contributed by atoms with van der Waals surface area (Å²) in [6.07, 6.45) is 3.16. The minimum absolute atomic E-state index is 0.0527. The molecule has 25 heavy (non-hydrogen) atoms. The number of esters is 1. The summed E-state index contributed by atoms with van der Waals surface area (Å²) in [5.41, 5.74) is -0.286. The van der Waals surface area contributed by atoms with Gasteiger partial charge in [-0.15, -0.1) is 10.1 Å². The maximum Gasteiger partial charge on any atom is 0.310 e. The van der Waals surface area contributed by atoms with Gasteiger partial charge in [0.15, 0.2) is 0 Å². The first-order valence-corrected chi connectivity index (χ1v) is 8.95. The van der Waals surface area contributed by atoms with Crippen LogP contribution >= 0.6 is 0 Å². The van der Waals surface area contributed by atoms with E-state index >= 15 is 0 Å². The van der Waals surface area contributed by atoms with Crippen LogP contribution in [0.5, 0.6) is 0 Å². The third-order valence-corrected chi connectivity index (χ3v) is 6.87. The molecule has 7 atom stereocenters. The van der Waals surface area contributed by atoms with E-state index in [9.17, 15) is 24.8 Å². The molecule has 1 N–H and O–H groups in total. The molecule has 0 saturated heterocycles. The minimum atomic E-state index is -0.916. The highest BCUT2D eigenvalue weighted by molar-refractivity contribution is 5.73. The van der Waals surface area contributed by atoms with Crippen molar-refractivity contribution >= 4 is 11.9 Å². The molecule has 3 fully saturated rings. The molecule has 3 saturated carbocycles. The Balaban J connectivity index is 1.82. The SMILES string of the molecule is CC(=O)O[C@@H]1CCC2C(CCC3(C)C(O[N+](=O)[O-])CCC23)[C@H]1C(=O)O. The second-order valence-electron chi connectivity index (χ2n) is 7.96. The van der Waals surface area contributed by atoms with Gasteiger partial charge in [0.2, 0.25) is 0 Å². The normalized spacial score (nSPS) is 42.8. The van der Waals surface area contributed by atoms with Crippen LogP contribution in [-0.2, 0) is 19.2 Å². The first-order valence-electron chi connectivity index (χ1n) is 8.95. The second-order valence-corrected chi connectivity index (χ2v) is 7.96. The molecule has 8 nitrogen and oxygen atoms in total. The third-order valence-electron chi connectivity index (χ3n) is 6.87. The van der Waals surface area contributed by atoms with E-state index in [1.54, 1.807) is 0 Å². The smallest absolute Gasteiger partial charge is 0.310 e. The van der Waals surface area contributed by atoms with E-state index in [1.165, 1.54) is 6.92 Å². The molecule has 0 heterocycles. The van der Waals surface area contributed by atoms with E-state index in [1.807, 2.05) is 6.92 Å². The quantitative estimate of drug-likeness (QED) is 0.467. The topological polar surface area (TPSA) is 116 Å². The summed E-state index contributed by atoms with van der Waals surface area (Å²) in [5, 5.41) is 19.8. The third kappa shape index (κ3) is 3.06. The number of hydrogen-bond donors (Lipinski definition) is 1. The Morgan fingerprint density at radius 2 is 1.88 bits per heavy atom. The lowest BCUT2D eigenvalue weighted by Gasteiger charge is -2.52. The molecule has 5 unspecified atom stereocenters. The molecule has 0 aromatic rings. The lowest BCUT2D eigenvalue weighted by Crippen LogP contribution is -2.52. The van der Waals surface area contributed by atoms with E-state index in [2.05, 4.69) is 0 Å². The fourth-order valence-corrected chi connectivity index (χ4v) is 5.91. The van der Waals surface area contributed by atoms with Crippen LogP contribution in [0.1, 0.15) is 52.4 Å². The molecule has 3 aliphatic rings. The summed E-state index contributed by atoms with van der Waals surface area (Å²) in [5.74, 6) is -1.70. The number of ether oxygens (including phenoxy) is 1. The molecule has 0 amide bonds. The molecule has 3 aliphatic carbocycles. The Kier molecular flexibility index (Phi) is 4.64. The van der Waals surface area contributed by atoms with E-state index in [0.717, 1.165) is 12.8 Å². The van der Waals surface area contributed by atoms with Crippen LogP contribution in [-0.4, -0.2) is 34.3 Å². The molecule has 0 bridgehead atoms. The number of carbonyl (C=O) groups excluding carboxylic acids is 1. The van der Waals surface area contributed by atoms with Gasteiger partial charge in [0.05, 0.1) is 5.92 Å². The fourth-order valence-electron chi connectivity index (χ4n) is 5.91. The van der Waals surface area contributed by atoms with Gasteiger partial charge in [0, 0.05) is 6.92 Å². The van der Waals surface area contributed by atoms with Gasteiger partial charge in [0.25, 0.3) is 5.09 Å². The number of fused-ring (bicyclic) bond motifs is 3. The highest BCUT2D eigenvalue weighted by Crippen LogP contribution is 2.61. The zero-order chi connectivity index (χ0) is 18.4. The summed E-state index contributed by atoms with van der Waals surface area (Å²) >= 11 is 0. The van der Waals surface area contributed by atoms with Crippen LogP contribution in [0.3, 0.4) is 0 Å². The van der Waals surface area contributed by atoms with Crippen LogP contribution in [0.2, 0.25) is 0 Å². The molecular formula is C17H25NO7. The largest absolute Gasteiger partial charge is 0.481 e.